The molecule has 0 aliphatic carbocycles. The molecule has 1 aromatic rings. The zero-order valence-corrected chi connectivity index (χ0v) is 11.0. The topological polar surface area (TPSA) is 58.4 Å². The Labute approximate surface area is 102 Å². The molecule has 0 aliphatic heterocycles. The van der Waals surface area contributed by atoms with Gasteiger partial charge in [0.25, 0.3) is 0 Å². The minimum absolute atomic E-state index is 0.202. The fraction of sp³-hybridized carbons (Fsp3) is 0.667. The summed E-state index contributed by atoms with van der Waals surface area (Å²) in [5, 5.41) is 6.47. The summed E-state index contributed by atoms with van der Waals surface area (Å²) >= 11 is 0. The maximum Gasteiger partial charge on any atom is 0.322 e. The maximum atomic E-state index is 11.4. The Morgan fingerprint density at radius 2 is 2.29 bits per heavy atom. The van der Waals surface area contributed by atoms with E-state index in [2.05, 4.69) is 24.3 Å². The van der Waals surface area contributed by atoms with Crippen molar-refractivity contribution in [3.05, 3.63) is 11.8 Å². The van der Waals surface area contributed by atoms with E-state index in [0.29, 0.717) is 11.7 Å². The summed E-state index contributed by atoms with van der Waals surface area (Å²) in [6.45, 7) is 4.35. The minimum atomic E-state index is -0.202. The highest BCUT2D eigenvalue weighted by atomic mass is 16.5. The van der Waals surface area contributed by atoms with Gasteiger partial charge in [-0.05, 0) is 5.92 Å². The van der Waals surface area contributed by atoms with Gasteiger partial charge in [-0.1, -0.05) is 31.8 Å². The second-order valence-corrected chi connectivity index (χ2v) is 4.60. The van der Waals surface area contributed by atoms with Gasteiger partial charge in [0.15, 0.2) is 5.82 Å². The summed E-state index contributed by atoms with van der Waals surface area (Å²) in [5.41, 5.74) is 0. The molecule has 0 spiro atoms. The average Bonchev–Trinajstić information content (AvgIpc) is 2.65. The molecule has 0 aliphatic rings. The molecule has 0 saturated carbocycles. The number of urea groups is 1. The Hall–Kier alpha value is -1.52. The molecular formula is C12H21N3O2. The number of hydrogen-bond acceptors (Lipinski definition) is 3. The van der Waals surface area contributed by atoms with Gasteiger partial charge in [0, 0.05) is 26.6 Å². The van der Waals surface area contributed by atoms with Crippen LogP contribution in [0, 0.1) is 5.92 Å². The zero-order valence-electron chi connectivity index (χ0n) is 11.0. The number of nitrogens with one attached hydrogen (secondary N) is 1. The van der Waals surface area contributed by atoms with Gasteiger partial charge in [0.2, 0.25) is 0 Å². The lowest BCUT2D eigenvalue weighted by Gasteiger charge is -2.08. The van der Waals surface area contributed by atoms with Crippen molar-refractivity contribution in [3.8, 4) is 0 Å². The van der Waals surface area contributed by atoms with Crippen molar-refractivity contribution in [2.24, 2.45) is 5.92 Å². The number of nitrogens with zero attached hydrogens (tertiary/aromatic N) is 2. The van der Waals surface area contributed by atoms with Crippen molar-refractivity contribution in [2.45, 2.75) is 33.1 Å². The Morgan fingerprint density at radius 3 is 2.88 bits per heavy atom. The third-order valence-corrected chi connectivity index (χ3v) is 2.53. The standard InChI is InChI=1S/C12H21N3O2/c1-5-6-9(2)7-10-8-11(14-17-10)13-12(16)15(3)4/h8-9H,5-7H2,1-4H3,(H,13,14,16). The van der Waals surface area contributed by atoms with E-state index in [1.165, 1.54) is 17.7 Å². The van der Waals surface area contributed by atoms with Crippen LogP contribution in [-0.4, -0.2) is 30.2 Å². The summed E-state index contributed by atoms with van der Waals surface area (Å²) in [6.07, 6.45) is 3.19. The highest BCUT2D eigenvalue weighted by molar-refractivity contribution is 5.87. The summed E-state index contributed by atoms with van der Waals surface area (Å²) < 4.78 is 5.18. The molecule has 0 bridgehead atoms. The molecule has 1 heterocycles. The highest BCUT2D eigenvalue weighted by Gasteiger charge is 2.11. The van der Waals surface area contributed by atoms with Gasteiger partial charge in [-0.15, -0.1) is 0 Å². The van der Waals surface area contributed by atoms with E-state index >= 15 is 0 Å². The van der Waals surface area contributed by atoms with Crippen molar-refractivity contribution in [2.75, 3.05) is 19.4 Å². The minimum Gasteiger partial charge on any atom is -0.359 e. The summed E-state index contributed by atoms with van der Waals surface area (Å²) in [6, 6.07) is 1.58. The zero-order chi connectivity index (χ0) is 12.8. The van der Waals surface area contributed by atoms with Crippen LogP contribution >= 0.6 is 0 Å². The van der Waals surface area contributed by atoms with E-state index in [1.54, 1.807) is 20.2 Å². The quantitative estimate of drug-likeness (QED) is 0.859. The predicted octanol–water partition coefficient (Wildman–Crippen LogP) is 2.75. The van der Waals surface area contributed by atoms with Crippen LogP contribution in [0.5, 0.6) is 0 Å². The lowest BCUT2D eigenvalue weighted by Crippen LogP contribution is -2.27. The number of rotatable bonds is 5. The van der Waals surface area contributed by atoms with Crippen LogP contribution in [0.1, 0.15) is 32.4 Å². The fourth-order valence-corrected chi connectivity index (χ4v) is 1.63. The van der Waals surface area contributed by atoms with Crippen molar-refractivity contribution >= 4 is 11.8 Å². The molecule has 1 N–H and O–H groups in total. The van der Waals surface area contributed by atoms with Crippen molar-refractivity contribution < 1.29 is 9.32 Å². The first kappa shape index (κ1) is 13.5. The van der Waals surface area contributed by atoms with Crippen molar-refractivity contribution in [3.63, 3.8) is 0 Å². The largest absolute Gasteiger partial charge is 0.359 e. The average molecular weight is 239 g/mol. The van der Waals surface area contributed by atoms with E-state index < -0.39 is 0 Å². The van der Waals surface area contributed by atoms with Gasteiger partial charge < -0.3 is 9.42 Å². The van der Waals surface area contributed by atoms with Crippen LogP contribution in [0.25, 0.3) is 0 Å². The molecule has 1 unspecified atom stereocenters. The first-order valence-electron chi connectivity index (χ1n) is 5.96. The summed E-state index contributed by atoms with van der Waals surface area (Å²) in [7, 11) is 3.36. The number of carbonyl (C=O) groups excluding carboxylic acids is 1. The molecule has 96 valence electrons. The lowest BCUT2D eigenvalue weighted by molar-refractivity contribution is 0.230. The smallest absolute Gasteiger partial charge is 0.322 e. The molecular weight excluding hydrogens is 218 g/mol. The second kappa shape index (κ2) is 6.27. The van der Waals surface area contributed by atoms with E-state index in [9.17, 15) is 4.79 Å². The molecule has 5 heteroatoms. The first-order chi connectivity index (χ1) is 8.02. The van der Waals surface area contributed by atoms with E-state index in [-0.39, 0.29) is 6.03 Å². The molecule has 1 rings (SSSR count). The van der Waals surface area contributed by atoms with Gasteiger partial charge in [-0.25, -0.2) is 4.79 Å². The van der Waals surface area contributed by atoms with Crippen molar-refractivity contribution in [1.82, 2.24) is 10.1 Å². The molecule has 0 fully saturated rings. The third kappa shape index (κ3) is 4.46. The SMILES string of the molecule is CCCC(C)Cc1cc(NC(=O)N(C)C)no1. The Bertz CT molecular complexity index is 360. The monoisotopic (exact) mass is 239 g/mol. The molecule has 1 atom stereocenters. The number of hydrogen-bond donors (Lipinski definition) is 1. The van der Waals surface area contributed by atoms with Gasteiger partial charge in [-0.3, -0.25) is 5.32 Å². The van der Waals surface area contributed by atoms with E-state index in [4.69, 9.17) is 4.52 Å². The Kier molecular flexibility index (Phi) is 5.00. The molecule has 0 radical (unpaired) electrons. The predicted molar refractivity (Wildman–Crippen MR) is 67.0 cm³/mol. The fourth-order valence-electron chi connectivity index (χ4n) is 1.63. The highest BCUT2D eigenvalue weighted by Crippen LogP contribution is 2.16. The van der Waals surface area contributed by atoms with Gasteiger partial charge >= 0.3 is 6.03 Å². The first-order valence-corrected chi connectivity index (χ1v) is 5.96. The van der Waals surface area contributed by atoms with Crippen molar-refractivity contribution in [1.29, 1.82) is 0 Å². The molecule has 1 aromatic heterocycles. The molecule has 5 nitrogen and oxygen atoms in total. The van der Waals surface area contributed by atoms with Crippen LogP contribution in [0.2, 0.25) is 0 Å². The van der Waals surface area contributed by atoms with Gasteiger partial charge in [0.05, 0.1) is 0 Å². The number of carbonyl (C=O) groups is 1. The normalized spacial score (nSPS) is 12.2. The molecule has 0 saturated heterocycles. The second-order valence-electron chi connectivity index (χ2n) is 4.60. The molecule has 2 amide bonds. The Balaban J connectivity index is 2.50. The van der Waals surface area contributed by atoms with Crippen LogP contribution in [-0.2, 0) is 6.42 Å². The van der Waals surface area contributed by atoms with Crippen LogP contribution in [0.4, 0.5) is 10.6 Å². The third-order valence-electron chi connectivity index (χ3n) is 2.53. The Morgan fingerprint density at radius 1 is 1.59 bits per heavy atom. The summed E-state index contributed by atoms with van der Waals surface area (Å²) in [5.74, 6) is 1.87. The van der Waals surface area contributed by atoms with E-state index in [1.807, 2.05) is 0 Å². The number of anilines is 1. The van der Waals surface area contributed by atoms with E-state index in [0.717, 1.165) is 12.2 Å². The molecule has 17 heavy (non-hydrogen) atoms. The summed E-state index contributed by atoms with van der Waals surface area (Å²) in [4.78, 5) is 12.8. The number of amides is 2. The lowest BCUT2D eigenvalue weighted by atomic mass is 10.0. The van der Waals surface area contributed by atoms with Crippen LogP contribution < -0.4 is 5.32 Å². The number of aromatic nitrogens is 1. The molecule has 0 aromatic carbocycles. The maximum absolute atomic E-state index is 11.4. The van der Waals surface area contributed by atoms with Gasteiger partial charge in [0.1, 0.15) is 5.76 Å². The van der Waals surface area contributed by atoms with Crippen LogP contribution in [0.3, 0.4) is 0 Å². The van der Waals surface area contributed by atoms with Gasteiger partial charge in [-0.2, -0.15) is 0 Å². The van der Waals surface area contributed by atoms with Crippen LogP contribution in [0.15, 0.2) is 10.6 Å².